The lowest BCUT2D eigenvalue weighted by Gasteiger charge is -2.36. The fraction of sp³-hybridized carbons (Fsp3) is 0.360. The number of fused-ring (bicyclic) bond motifs is 2. The van der Waals surface area contributed by atoms with Crippen molar-refractivity contribution in [1.29, 1.82) is 0 Å². The van der Waals surface area contributed by atoms with E-state index in [9.17, 15) is 45.6 Å². The van der Waals surface area contributed by atoms with Gasteiger partial charge in [0.15, 0.2) is 0 Å². The third kappa shape index (κ3) is 9.32. The molecular weight excluding hydrogens is 972 g/mol. The molecule has 3 aromatic heterocycles. The van der Waals surface area contributed by atoms with Crippen LogP contribution in [-0.4, -0.2) is 110 Å². The number of rotatable bonds is 13. The summed E-state index contributed by atoms with van der Waals surface area (Å²) in [5.74, 6) is -6.12. The molecule has 0 radical (unpaired) electrons. The van der Waals surface area contributed by atoms with E-state index in [1.165, 1.54) is 42.5 Å². The molecule has 6 aromatic rings. The zero-order valence-electron chi connectivity index (χ0n) is 39.6. The van der Waals surface area contributed by atoms with E-state index in [1.54, 1.807) is 49.2 Å². The molecule has 3 saturated heterocycles. The molecule has 2 atom stereocenters. The van der Waals surface area contributed by atoms with Gasteiger partial charge in [-0.2, -0.15) is 19.0 Å². The minimum Gasteiger partial charge on any atom is -0.484 e. The molecule has 0 spiro atoms. The van der Waals surface area contributed by atoms with Crippen LogP contribution >= 0.6 is 0 Å². The first kappa shape index (κ1) is 48.8. The smallest absolute Gasteiger partial charge is 0.355 e. The number of sulfonamides is 1. The fourth-order valence-electron chi connectivity index (χ4n) is 10.4. The van der Waals surface area contributed by atoms with E-state index in [-0.39, 0.29) is 59.1 Å². The Labute approximate surface area is 416 Å². The van der Waals surface area contributed by atoms with Gasteiger partial charge in [-0.3, -0.25) is 48.3 Å². The highest BCUT2D eigenvalue weighted by Gasteiger charge is 2.46. The third-order valence-electron chi connectivity index (χ3n) is 14.2. The number of anilines is 3. The number of carbonyl (C=O) groups excluding carboxylic acids is 5. The standard InChI is InChI=1S/C50H50F3N11O8S/c1-27(29-6-9-32(51)10-7-29)72-39-23-30(8-11-36(39)59-73(70,71)50(52)53)44-43-45(60(2)58-44)35(25-55-46(43)54)31-24-56-63(26-31)33-16-20-62(21-17-33)41(66)22-28-14-18-61(19-15-28)37-5-3-4-34-42(37)49(69)64(48(34)68)38-12-13-40(65)57-47(38)67/h3-11,23-28,33,38,50,59H,12-22H2,1-2H3,(H2,54,55)(H,57,65,67)/t27-,38?/m0/s1. The first-order valence-corrected chi connectivity index (χ1v) is 25.4. The summed E-state index contributed by atoms with van der Waals surface area (Å²) < 4.78 is 76.8. The van der Waals surface area contributed by atoms with Gasteiger partial charge in [0.1, 0.15) is 35.2 Å². The summed E-state index contributed by atoms with van der Waals surface area (Å²) in [6, 6.07) is 13.8. The van der Waals surface area contributed by atoms with Crippen LogP contribution < -0.4 is 25.4 Å². The van der Waals surface area contributed by atoms with Crippen molar-refractivity contribution >= 4 is 67.7 Å². The van der Waals surface area contributed by atoms with Crippen molar-refractivity contribution in [3.63, 3.8) is 0 Å². The Hall–Kier alpha value is -7.82. The van der Waals surface area contributed by atoms with E-state index in [0.717, 1.165) is 10.5 Å². The van der Waals surface area contributed by atoms with Crippen LogP contribution in [0.3, 0.4) is 0 Å². The van der Waals surface area contributed by atoms with Crippen LogP contribution in [0.1, 0.15) is 90.3 Å². The van der Waals surface area contributed by atoms with Gasteiger partial charge < -0.3 is 20.3 Å². The molecule has 10 rings (SSSR count). The van der Waals surface area contributed by atoms with Gasteiger partial charge in [0.2, 0.25) is 17.7 Å². The SMILES string of the molecule is C[C@H](Oc1cc(-c2nn(C)c3c(-c4cnn(C5CCN(C(=O)CC6CCN(c7cccc8c7C(=O)N(C7CCC(=O)NC7=O)C8=O)CC6)CC5)c4)cnc(N)c23)ccc1NS(=O)(=O)C(F)F)c1ccc(F)cc1. The van der Waals surface area contributed by atoms with Crippen LogP contribution in [0.4, 0.5) is 30.4 Å². The van der Waals surface area contributed by atoms with Gasteiger partial charge in [0.25, 0.3) is 21.8 Å². The predicted octanol–water partition coefficient (Wildman–Crippen LogP) is 6.20. The van der Waals surface area contributed by atoms with Gasteiger partial charge in [-0.15, -0.1) is 0 Å². The number of aryl methyl sites for hydroxylation is 1. The van der Waals surface area contributed by atoms with Crippen molar-refractivity contribution in [2.24, 2.45) is 13.0 Å². The fourth-order valence-corrected chi connectivity index (χ4v) is 10.9. The van der Waals surface area contributed by atoms with Crippen molar-refractivity contribution in [2.75, 3.05) is 41.5 Å². The summed E-state index contributed by atoms with van der Waals surface area (Å²) >= 11 is 0. The Bertz CT molecular complexity index is 3310. The molecule has 4 aliphatic heterocycles. The van der Waals surface area contributed by atoms with E-state index >= 15 is 0 Å². The van der Waals surface area contributed by atoms with Crippen LogP contribution in [0, 0.1) is 11.7 Å². The maximum atomic E-state index is 13.7. The van der Waals surface area contributed by atoms with Crippen molar-refractivity contribution in [1.82, 2.24) is 39.7 Å². The average Bonchev–Trinajstić information content (AvgIpc) is 4.07. The summed E-state index contributed by atoms with van der Waals surface area (Å²) in [5.41, 5.74) is 10.7. The first-order chi connectivity index (χ1) is 34.9. The van der Waals surface area contributed by atoms with Crippen molar-refractivity contribution in [3.05, 3.63) is 102 Å². The first-order valence-electron chi connectivity index (χ1n) is 23.8. The van der Waals surface area contributed by atoms with Crippen molar-refractivity contribution in [2.45, 2.75) is 75.8 Å². The number of benzene rings is 3. The van der Waals surface area contributed by atoms with Gasteiger partial charge >= 0.3 is 5.76 Å². The zero-order valence-corrected chi connectivity index (χ0v) is 40.5. The van der Waals surface area contributed by atoms with Gasteiger partial charge in [-0.1, -0.05) is 24.3 Å². The van der Waals surface area contributed by atoms with E-state index in [4.69, 9.17) is 20.7 Å². The number of nitrogen functional groups attached to an aromatic ring is 1. The molecule has 4 aliphatic rings. The van der Waals surface area contributed by atoms with Crippen LogP contribution in [0.15, 0.2) is 79.3 Å². The minimum atomic E-state index is -5.08. The number of pyridine rings is 1. The molecule has 7 heterocycles. The average molecular weight is 1020 g/mol. The zero-order chi connectivity index (χ0) is 51.5. The highest BCUT2D eigenvalue weighted by atomic mass is 32.2. The normalized spacial score (nSPS) is 18.4. The monoisotopic (exact) mass is 1020 g/mol. The van der Waals surface area contributed by atoms with Gasteiger partial charge in [-0.25, -0.2) is 17.8 Å². The second kappa shape index (κ2) is 19.3. The lowest BCUT2D eigenvalue weighted by atomic mass is 9.91. The molecule has 73 heavy (non-hydrogen) atoms. The van der Waals surface area contributed by atoms with Crippen LogP contribution in [0.5, 0.6) is 5.75 Å². The Morgan fingerprint density at radius 3 is 2.37 bits per heavy atom. The molecule has 380 valence electrons. The number of hydrogen-bond acceptors (Lipinski definition) is 13. The topological polar surface area (TPSA) is 237 Å². The number of alkyl halides is 2. The summed E-state index contributed by atoms with van der Waals surface area (Å²) in [4.78, 5) is 74.6. The number of hydrogen-bond donors (Lipinski definition) is 3. The lowest BCUT2D eigenvalue weighted by Crippen LogP contribution is -2.54. The molecule has 0 aliphatic carbocycles. The van der Waals surface area contributed by atoms with E-state index in [0.29, 0.717) is 97.3 Å². The largest absolute Gasteiger partial charge is 0.484 e. The Morgan fingerprint density at radius 2 is 1.66 bits per heavy atom. The summed E-state index contributed by atoms with van der Waals surface area (Å²) in [5, 5.41) is 12.2. The number of likely N-dealkylation sites (tertiary alicyclic amines) is 1. The number of imide groups is 2. The van der Waals surface area contributed by atoms with Crippen molar-refractivity contribution in [3.8, 4) is 28.1 Å². The van der Waals surface area contributed by atoms with Gasteiger partial charge in [0, 0.05) is 75.2 Å². The van der Waals surface area contributed by atoms with Crippen LogP contribution in [0.2, 0.25) is 0 Å². The van der Waals surface area contributed by atoms with Gasteiger partial charge in [0.05, 0.1) is 45.6 Å². The maximum Gasteiger partial charge on any atom is 0.355 e. The molecule has 0 saturated carbocycles. The molecule has 0 bridgehead atoms. The lowest BCUT2D eigenvalue weighted by molar-refractivity contribution is -0.136. The van der Waals surface area contributed by atoms with E-state index in [1.807, 2.05) is 20.5 Å². The number of ether oxygens (including phenoxy) is 1. The second-order valence-electron chi connectivity index (χ2n) is 18.8. The highest BCUT2D eigenvalue weighted by Crippen LogP contribution is 2.42. The number of amides is 5. The predicted molar refractivity (Wildman–Crippen MR) is 261 cm³/mol. The molecule has 5 amide bonds. The number of nitrogens with one attached hydrogen (secondary N) is 2. The van der Waals surface area contributed by atoms with E-state index in [2.05, 4.69) is 15.2 Å². The Balaban J connectivity index is 0.788. The minimum absolute atomic E-state index is 0.00482. The number of halogens is 3. The number of aromatic nitrogens is 5. The van der Waals surface area contributed by atoms with Crippen molar-refractivity contribution < 1.29 is 50.3 Å². The van der Waals surface area contributed by atoms with Gasteiger partial charge in [-0.05, 0) is 86.9 Å². The summed E-state index contributed by atoms with van der Waals surface area (Å²) in [6.45, 7) is 3.89. The molecule has 4 N–H and O–H groups in total. The summed E-state index contributed by atoms with van der Waals surface area (Å²) in [7, 11) is -3.35. The highest BCUT2D eigenvalue weighted by molar-refractivity contribution is 7.93. The molecule has 23 heteroatoms. The van der Waals surface area contributed by atoms with Crippen LogP contribution in [-0.2, 0) is 31.5 Å². The van der Waals surface area contributed by atoms with Crippen LogP contribution in [0.25, 0.3) is 33.3 Å². The molecule has 3 fully saturated rings. The molecule has 1 unspecified atom stereocenters. The number of nitrogens with zero attached hydrogens (tertiary/aromatic N) is 8. The quantitative estimate of drug-likeness (QED) is 0.110. The Morgan fingerprint density at radius 1 is 0.918 bits per heavy atom. The summed E-state index contributed by atoms with van der Waals surface area (Å²) in [6.07, 6.45) is 7.77. The number of piperidine rings is 3. The second-order valence-corrected chi connectivity index (χ2v) is 20.4. The maximum absolute atomic E-state index is 13.7. The molecule has 19 nitrogen and oxygen atoms in total. The third-order valence-corrected chi connectivity index (χ3v) is 15.2. The number of carbonyl (C=O) groups is 5. The molecular formula is C50H50F3N11O8S. The number of nitrogens with two attached hydrogens (primary N) is 1. The van der Waals surface area contributed by atoms with E-state index < -0.39 is 57.4 Å². The Kier molecular flexibility index (Phi) is 12.9. The molecule has 3 aromatic carbocycles.